The number of aldehydes is 1. The van der Waals surface area contributed by atoms with Crippen LogP contribution in [0.1, 0.15) is 37.7 Å². The summed E-state index contributed by atoms with van der Waals surface area (Å²) in [6.07, 6.45) is 2.58. The molecule has 0 unspecified atom stereocenters. The third kappa shape index (κ3) is 4.25. The molecule has 0 N–H and O–H groups in total. The van der Waals surface area contributed by atoms with Crippen LogP contribution in [0.25, 0.3) is 0 Å². The summed E-state index contributed by atoms with van der Waals surface area (Å²) in [5.41, 5.74) is -0.0981. The van der Waals surface area contributed by atoms with E-state index in [1.165, 1.54) is 0 Å². The number of nitrogens with zero attached hydrogens (tertiary/aromatic N) is 2. The molecular weight excluding hydrogens is 208 g/mol. The van der Waals surface area contributed by atoms with Gasteiger partial charge < -0.3 is 4.74 Å². The Morgan fingerprint density at radius 2 is 2.25 bits per heavy atom. The molecule has 5 heteroatoms. The van der Waals surface area contributed by atoms with E-state index < -0.39 is 5.60 Å². The molecule has 16 heavy (non-hydrogen) atoms. The maximum Gasteiger partial charge on any atom is 0.308 e. The van der Waals surface area contributed by atoms with Crippen molar-refractivity contribution in [3.8, 4) is 0 Å². The molecule has 5 nitrogen and oxygen atoms in total. The summed E-state index contributed by atoms with van der Waals surface area (Å²) < 4.78 is 6.69. The van der Waals surface area contributed by atoms with Crippen molar-refractivity contribution in [2.45, 2.75) is 39.3 Å². The molecule has 88 valence electrons. The molecule has 1 heterocycles. The molecule has 0 aliphatic rings. The first-order valence-electron chi connectivity index (χ1n) is 5.11. The van der Waals surface area contributed by atoms with Gasteiger partial charge in [-0.3, -0.25) is 14.3 Å². The van der Waals surface area contributed by atoms with Crippen molar-refractivity contribution in [1.82, 2.24) is 9.78 Å². The Morgan fingerprint density at radius 3 is 2.75 bits per heavy atom. The number of rotatable bonds is 4. The zero-order valence-electron chi connectivity index (χ0n) is 9.77. The van der Waals surface area contributed by atoms with Crippen LogP contribution in [0.5, 0.6) is 0 Å². The monoisotopic (exact) mass is 224 g/mol. The third-order valence-corrected chi connectivity index (χ3v) is 1.75. The van der Waals surface area contributed by atoms with Crippen molar-refractivity contribution < 1.29 is 14.3 Å². The maximum atomic E-state index is 11.4. The van der Waals surface area contributed by atoms with Gasteiger partial charge in [-0.25, -0.2) is 0 Å². The summed E-state index contributed by atoms with van der Waals surface area (Å²) in [5, 5.41) is 3.94. The average Bonchev–Trinajstić information content (AvgIpc) is 2.59. The fourth-order valence-electron chi connectivity index (χ4n) is 1.16. The minimum absolute atomic E-state index is 0.247. The van der Waals surface area contributed by atoms with E-state index in [2.05, 4.69) is 5.10 Å². The van der Waals surface area contributed by atoms with E-state index in [9.17, 15) is 9.59 Å². The Balaban J connectivity index is 2.40. The van der Waals surface area contributed by atoms with Crippen LogP contribution in [0.2, 0.25) is 0 Å². The van der Waals surface area contributed by atoms with Gasteiger partial charge in [0.05, 0.1) is 13.0 Å². The zero-order chi connectivity index (χ0) is 12.2. The van der Waals surface area contributed by atoms with Gasteiger partial charge in [0.15, 0.2) is 6.29 Å². The summed E-state index contributed by atoms with van der Waals surface area (Å²) in [6.45, 7) is 5.89. The standard InChI is InChI=1S/C11H16N2O3/c1-11(2,3)16-10(15)5-7-13-6-4-9(8-14)12-13/h4,6,8H,5,7H2,1-3H3. The molecule has 0 bridgehead atoms. The Bertz CT molecular complexity index is 377. The highest BCUT2D eigenvalue weighted by atomic mass is 16.6. The van der Waals surface area contributed by atoms with Crippen LogP contribution in [-0.2, 0) is 16.1 Å². The van der Waals surface area contributed by atoms with Crippen LogP contribution in [0.3, 0.4) is 0 Å². The van der Waals surface area contributed by atoms with Gasteiger partial charge in [0.25, 0.3) is 0 Å². The van der Waals surface area contributed by atoms with Crippen LogP contribution in [0.15, 0.2) is 12.3 Å². The second-order valence-corrected chi connectivity index (χ2v) is 4.46. The molecule has 0 saturated heterocycles. The number of ether oxygens (including phenoxy) is 1. The number of aryl methyl sites for hydroxylation is 1. The molecule has 0 amide bonds. The van der Waals surface area contributed by atoms with E-state index in [-0.39, 0.29) is 12.4 Å². The minimum atomic E-state index is -0.463. The van der Waals surface area contributed by atoms with Crippen molar-refractivity contribution in [1.29, 1.82) is 0 Å². The van der Waals surface area contributed by atoms with Crippen molar-refractivity contribution in [3.05, 3.63) is 18.0 Å². The van der Waals surface area contributed by atoms with E-state index in [0.29, 0.717) is 18.5 Å². The van der Waals surface area contributed by atoms with Crippen LogP contribution >= 0.6 is 0 Å². The molecule has 1 rings (SSSR count). The van der Waals surface area contributed by atoms with E-state index in [1.54, 1.807) is 16.9 Å². The highest BCUT2D eigenvalue weighted by molar-refractivity contribution is 5.71. The lowest BCUT2D eigenvalue weighted by molar-refractivity contribution is -0.155. The first-order valence-corrected chi connectivity index (χ1v) is 5.11. The first-order chi connectivity index (χ1) is 7.40. The normalized spacial score (nSPS) is 11.2. The van der Waals surface area contributed by atoms with Gasteiger partial charge in [-0.05, 0) is 26.8 Å². The van der Waals surface area contributed by atoms with Crippen molar-refractivity contribution >= 4 is 12.3 Å². The van der Waals surface area contributed by atoms with E-state index in [4.69, 9.17) is 4.74 Å². The predicted molar refractivity (Wildman–Crippen MR) is 58.1 cm³/mol. The molecule has 0 atom stereocenters. The number of hydrogen-bond donors (Lipinski definition) is 0. The fourth-order valence-corrected chi connectivity index (χ4v) is 1.16. The van der Waals surface area contributed by atoms with Crippen LogP contribution in [-0.4, -0.2) is 27.6 Å². The number of hydrogen-bond acceptors (Lipinski definition) is 4. The van der Waals surface area contributed by atoms with E-state index in [0.717, 1.165) is 0 Å². The van der Waals surface area contributed by atoms with Gasteiger partial charge in [-0.15, -0.1) is 0 Å². The average molecular weight is 224 g/mol. The van der Waals surface area contributed by atoms with E-state index in [1.807, 2.05) is 20.8 Å². The quantitative estimate of drug-likeness (QED) is 0.573. The van der Waals surface area contributed by atoms with Crippen LogP contribution < -0.4 is 0 Å². The second-order valence-electron chi connectivity index (χ2n) is 4.46. The van der Waals surface area contributed by atoms with Crippen LogP contribution in [0, 0.1) is 0 Å². The summed E-state index contributed by atoms with van der Waals surface area (Å²) in [4.78, 5) is 21.8. The molecule has 1 aromatic rings. The molecule has 0 aliphatic carbocycles. The van der Waals surface area contributed by atoms with Crippen molar-refractivity contribution in [2.75, 3.05) is 0 Å². The Kier molecular flexibility index (Phi) is 3.82. The van der Waals surface area contributed by atoms with Crippen LogP contribution in [0.4, 0.5) is 0 Å². The molecule has 1 aromatic heterocycles. The van der Waals surface area contributed by atoms with Crippen molar-refractivity contribution in [3.63, 3.8) is 0 Å². The molecule has 0 aliphatic heterocycles. The molecular formula is C11H16N2O3. The Hall–Kier alpha value is -1.65. The largest absolute Gasteiger partial charge is 0.460 e. The summed E-state index contributed by atoms with van der Waals surface area (Å²) in [7, 11) is 0. The number of carbonyl (C=O) groups excluding carboxylic acids is 2. The van der Waals surface area contributed by atoms with Gasteiger partial charge >= 0.3 is 5.97 Å². The van der Waals surface area contributed by atoms with Gasteiger partial charge in [0.2, 0.25) is 0 Å². The fraction of sp³-hybridized carbons (Fsp3) is 0.545. The summed E-state index contributed by atoms with van der Waals surface area (Å²) in [5.74, 6) is -0.268. The lowest BCUT2D eigenvalue weighted by atomic mass is 10.2. The number of esters is 1. The maximum absolute atomic E-state index is 11.4. The minimum Gasteiger partial charge on any atom is -0.460 e. The number of aromatic nitrogens is 2. The van der Waals surface area contributed by atoms with Gasteiger partial charge in [-0.1, -0.05) is 0 Å². The molecule has 0 spiro atoms. The molecule has 0 fully saturated rings. The Labute approximate surface area is 94.4 Å². The van der Waals surface area contributed by atoms with Gasteiger partial charge in [-0.2, -0.15) is 5.10 Å². The smallest absolute Gasteiger partial charge is 0.308 e. The lowest BCUT2D eigenvalue weighted by Crippen LogP contribution is -2.24. The molecule has 0 saturated carbocycles. The van der Waals surface area contributed by atoms with Gasteiger partial charge in [0, 0.05) is 6.20 Å². The third-order valence-electron chi connectivity index (χ3n) is 1.75. The number of carbonyl (C=O) groups is 2. The highest BCUT2D eigenvalue weighted by Gasteiger charge is 2.15. The SMILES string of the molecule is CC(C)(C)OC(=O)CCn1ccc(C=O)n1. The second kappa shape index (κ2) is 4.92. The first kappa shape index (κ1) is 12.4. The summed E-state index contributed by atoms with van der Waals surface area (Å²) in [6, 6.07) is 1.60. The summed E-state index contributed by atoms with van der Waals surface area (Å²) >= 11 is 0. The zero-order valence-corrected chi connectivity index (χ0v) is 9.77. The molecule has 0 radical (unpaired) electrons. The van der Waals surface area contributed by atoms with Crippen molar-refractivity contribution in [2.24, 2.45) is 0 Å². The predicted octanol–water partition coefficient (Wildman–Crippen LogP) is 1.43. The highest BCUT2D eigenvalue weighted by Crippen LogP contribution is 2.08. The lowest BCUT2D eigenvalue weighted by Gasteiger charge is -2.19. The van der Waals surface area contributed by atoms with Gasteiger partial charge in [0.1, 0.15) is 11.3 Å². The Morgan fingerprint density at radius 1 is 1.56 bits per heavy atom. The van der Waals surface area contributed by atoms with E-state index >= 15 is 0 Å². The molecule has 0 aromatic carbocycles. The topological polar surface area (TPSA) is 61.2 Å².